The lowest BCUT2D eigenvalue weighted by Crippen LogP contribution is -2.55. The van der Waals surface area contributed by atoms with E-state index < -0.39 is 0 Å². The number of aryl methyl sites for hydroxylation is 2. The van der Waals surface area contributed by atoms with Crippen LogP contribution in [0, 0.1) is 19.3 Å². The van der Waals surface area contributed by atoms with Crippen molar-refractivity contribution in [1.82, 2.24) is 15.0 Å². The topological polar surface area (TPSA) is 66.7 Å². The van der Waals surface area contributed by atoms with Crippen molar-refractivity contribution in [3.8, 4) is 0 Å². The van der Waals surface area contributed by atoms with Crippen LogP contribution in [-0.4, -0.2) is 52.9 Å². The Morgan fingerprint density at radius 1 is 1.27 bits per heavy atom. The minimum absolute atomic E-state index is 0.0777. The molecular formula is C20H31N3O3. The van der Waals surface area contributed by atoms with Crippen LogP contribution in [0.5, 0.6) is 0 Å². The van der Waals surface area contributed by atoms with E-state index in [0.717, 1.165) is 75.3 Å². The van der Waals surface area contributed by atoms with E-state index in [1.165, 1.54) is 0 Å². The molecule has 2 fully saturated rings. The third-order valence-electron chi connectivity index (χ3n) is 6.05. The summed E-state index contributed by atoms with van der Waals surface area (Å²) in [4.78, 5) is 29.2. The van der Waals surface area contributed by atoms with Gasteiger partial charge in [0.05, 0.1) is 12.1 Å². The Bertz CT molecular complexity index is 650. The van der Waals surface area contributed by atoms with E-state index in [2.05, 4.69) is 12.1 Å². The van der Waals surface area contributed by atoms with Crippen molar-refractivity contribution in [2.24, 2.45) is 5.41 Å². The maximum absolute atomic E-state index is 12.9. The van der Waals surface area contributed by atoms with Gasteiger partial charge in [-0.3, -0.25) is 9.59 Å². The number of hydrogen-bond donors (Lipinski definition) is 0. The lowest BCUT2D eigenvalue weighted by Gasteiger charge is -2.48. The van der Waals surface area contributed by atoms with Crippen LogP contribution < -0.4 is 0 Å². The zero-order valence-electron chi connectivity index (χ0n) is 16.3. The summed E-state index contributed by atoms with van der Waals surface area (Å²) in [5.74, 6) is 1.16. The van der Waals surface area contributed by atoms with Gasteiger partial charge in [0, 0.05) is 43.6 Å². The zero-order chi connectivity index (χ0) is 18.7. The maximum Gasteiger partial charge on any atom is 0.227 e. The summed E-state index contributed by atoms with van der Waals surface area (Å²) < 4.78 is 5.19. The monoisotopic (exact) mass is 361 g/mol. The van der Waals surface area contributed by atoms with Crippen LogP contribution in [0.2, 0.25) is 0 Å². The first-order valence-corrected chi connectivity index (χ1v) is 9.91. The Labute approximate surface area is 155 Å². The second-order valence-corrected chi connectivity index (χ2v) is 8.07. The van der Waals surface area contributed by atoms with Crippen molar-refractivity contribution in [3.63, 3.8) is 0 Å². The maximum atomic E-state index is 12.9. The molecule has 2 aliphatic heterocycles. The highest BCUT2D eigenvalue weighted by Gasteiger charge is 2.42. The Kier molecular flexibility index (Phi) is 5.68. The number of carbonyl (C=O) groups excluding carboxylic acids is 2. The molecule has 2 amide bonds. The molecule has 1 aromatic heterocycles. The fourth-order valence-corrected chi connectivity index (χ4v) is 4.43. The molecule has 3 heterocycles. The van der Waals surface area contributed by atoms with Gasteiger partial charge in [-0.15, -0.1) is 0 Å². The molecule has 1 spiro atoms. The van der Waals surface area contributed by atoms with Crippen LogP contribution in [0.1, 0.15) is 62.5 Å². The standard InChI is InChI=1S/C20H31N3O3/c1-4-5-10-22-13-20(9-7-18(22)24)8-6-11-23(14-20)19(25)12-17-15(2)21-26-16(17)3/h4-14H2,1-3H3. The van der Waals surface area contributed by atoms with Gasteiger partial charge in [-0.1, -0.05) is 18.5 Å². The van der Waals surface area contributed by atoms with E-state index in [1.807, 2.05) is 23.6 Å². The molecule has 0 saturated carbocycles. The second kappa shape index (κ2) is 7.80. The molecule has 2 saturated heterocycles. The van der Waals surface area contributed by atoms with Crippen molar-refractivity contribution in [1.29, 1.82) is 0 Å². The summed E-state index contributed by atoms with van der Waals surface area (Å²) in [5.41, 5.74) is 1.79. The SMILES string of the molecule is CCCCN1CC2(CCCN(C(=O)Cc3c(C)noc3C)C2)CCC1=O. The van der Waals surface area contributed by atoms with Crippen LogP contribution in [0.3, 0.4) is 0 Å². The van der Waals surface area contributed by atoms with Crippen molar-refractivity contribution < 1.29 is 14.1 Å². The van der Waals surface area contributed by atoms with E-state index >= 15 is 0 Å². The molecule has 0 bridgehead atoms. The van der Waals surface area contributed by atoms with E-state index in [0.29, 0.717) is 12.8 Å². The molecule has 2 aliphatic rings. The van der Waals surface area contributed by atoms with E-state index in [-0.39, 0.29) is 17.2 Å². The Balaban J connectivity index is 1.66. The minimum atomic E-state index is 0.0777. The molecule has 0 aliphatic carbocycles. The summed E-state index contributed by atoms with van der Waals surface area (Å²) in [6, 6.07) is 0. The smallest absolute Gasteiger partial charge is 0.227 e. The molecule has 3 rings (SSSR count). The van der Waals surface area contributed by atoms with Crippen molar-refractivity contribution in [2.75, 3.05) is 26.2 Å². The van der Waals surface area contributed by atoms with Crippen molar-refractivity contribution in [2.45, 2.75) is 65.7 Å². The first-order chi connectivity index (χ1) is 12.4. The quantitative estimate of drug-likeness (QED) is 0.809. The highest BCUT2D eigenvalue weighted by atomic mass is 16.5. The number of rotatable bonds is 5. The molecule has 144 valence electrons. The largest absolute Gasteiger partial charge is 0.361 e. The second-order valence-electron chi connectivity index (χ2n) is 8.07. The molecule has 1 atom stereocenters. The normalized spacial score (nSPS) is 23.7. The van der Waals surface area contributed by atoms with Gasteiger partial charge in [0.15, 0.2) is 0 Å². The molecule has 1 aromatic rings. The predicted molar refractivity (Wildman–Crippen MR) is 98.7 cm³/mol. The number of likely N-dealkylation sites (tertiary alicyclic amines) is 2. The zero-order valence-corrected chi connectivity index (χ0v) is 16.3. The van der Waals surface area contributed by atoms with Gasteiger partial charge in [0.2, 0.25) is 11.8 Å². The summed E-state index contributed by atoms with van der Waals surface area (Å²) >= 11 is 0. The Hall–Kier alpha value is -1.85. The summed E-state index contributed by atoms with van der Waals surface area (Å²) in [5, 5.41) is 3.95. The van der Waals surface area contributed by atoms with E-state index in [9.17, 15) is 9.59 Å². The first kappa shape index (κ1) is 18.9. The third-order valence-corrected chi connectivity index (χ3v) is 6.05. The van der Waals surface area contributed by atoms with Crippen molar-refractivity contribution in [3.05, 3.63) is 17.0 Å². The summed E-state index contributed by atoms with van der Waals surface area (Å²) in [7, 11) is 0. The third kappa shape index (κ3) is 3.94. The lowest BCUT2D eigenvalue weighted by molar-refractivity contribution is -0.142. The van der Waals surface area contributed by atoms with Gasteiger partial charge in [-0.2, -0.15) is 0 Å². The highest BCUT2D eigenvalue weighted by Crippen LogP contribution is 2.39. The van der Waals surface area contributed by atoms with Gasteiger partial charge in [0.25, 0.3) is 0 Å². The predicted octanol–water partition coefficient (Wildman–Crippen LogP) is 2.87. The molecule has 26 heavy (non-hydrogen) atoms. The number of carbonyl (C=O) groups is 2. The molecule has 0 radical (unpaired) electrons. The number of unbranched alkanes of at least 4 members (excludes halogenated alkanes) is 1. The highest BCUT2D eigenvalue weighted by molar-refractivity contribution is 5.80. The fourth-order valence-electron chi connectivity index (χ4n) is 4.43. The number of nitrogens with zero attached hydrogens (tertiary/aromatic N) is 3. The minimum Gasteiger partial charge on any atom is -0.361 e. The Morgan fingerprint density at radius 2 is 2.08 bits per heavy atom. The van der Waals surface area contributed by atoms with Gasteiger partial charge >= 0.3 is 0 Å². The van der Waals surface area contributed by atoms with Crippen molar-refractivity contribution >= 4 is 11.8 Å². The van der Waals surface area contributed by atoms with Crippen LogP contribution in [-0.2, 0) is 16.0 Å². The van der Waals surface area contributed by atoms with E-state index in [1.54, 1.807) is 0 Å². The fraction of sp³-hybridized carbons (Fsp3) is 0.750. The van der Waals surface area contributed by atoms with Gasteiger partial charge < -0.3 is 14.3 Å². The van der Waals surface area contributed by atoms with Gasteiger partial charge in [-0.05, 0) is 39.5 Å². The molecule has 1 unspecified atom stereocenters. The summed E-state index contributed by atoms with van der Waals surface area (Å²) in [6.07, 6.45) is 6.16. The van der Waals surface area contributed by atoms with Crippen LogP contribution >= 0.6 is 0 Å². The lowest BCUT2D eigenvalue weighted by atomic mass is 9.73. The molecule has 6 nitrogen and oxygen atoms in total. The van der Waals surface area contributed by atoms with Gasteiger partial charge in [-0.25, -0.2) is 0 Å². The molecular weight excluding hydrogens is 330 g/mol. The van der Waals surface area contributed by atoms with Crippen LogP contribution in [0.25, 0.3) is 0 Å². The number of piperidine rings is 2. The van der Waals surface area contributed by atoms with E-state index in [4.69, 9.17) is 4.52 Å². The molecule has 0 N–H and O–H groups in total. The number of hydrogen-bond acceptors (Lipinski definition) is 4. The summed E-state index contributed by atoms with van der Waals surface area (Å²) in [6.45, 7) is 9.14. The van der Waals surface area contributed by atoms with Crippen LogP contribution in [0.4, 0.5) is 0 Å². The molecule has 0 aromatic carbocycles. The van der Waals surface area contributed by atoms with Gasteiger partial charge in [0.1, 0.15) is 5.76 Å². The first-order valence-electron chi connectivity index (χ1n) is 9.91. The molecule has 6 heteroatoms. The number of aromatic nitrogens is 1. The average Bonchev–Trinajstić information content (AvgIpc) is 2.95. The number of amides is 2. The average molecular weight is 361 g/mol. The van der Waals surface area contributed by atoms with Crippen LogP contribution in [0.15, 0.2) is 4.52 Å². The Morgan fingerprint density at radius 3 is 2.77 bits per heavy atom.